The second-order valence-electron chi connectivity index (χ2n) is 7.00. The highest BCUT2D eigenvalue weighted by atomic mass is 32.2. The number of nitrogens with zero attached hydrogens (tertiary/aromatic N) is 1. The van der Waals surface area contributed by atoms with E-state index >= 15 is 0 Å². The highest BCUT2D eigenvalue weighted by molar-refractivity contribution is 7.89. The van der Waals surface area contributed by atoms with Gasteiger partial charge in [0, 0.05) is 19.6 Å². The van der Waals surface area contributed by atoms with Crippen LogP contribution in [-0.2, 0) is 14.8 Å². The fourth-order valence-corrected chi connectivity index (χ4v) is 5.16. The molecule has 136 valence electrons. The summed E-state index contributed by atoms with van der Waals surface area (Å²) in [6.07, 6.45) is 1.27. The zero-order valence-corrected chi connectivity index (χ0v) is 16.2. The molecule has 5 nitrogen and oxygen atoms in total. The Labute approximate surface area is 146 Å². The van der Waals surface area contributed by atoms with Crippen molar-refractivity contribution >= 4 is 10.0 Å². The van der Waals surface area contributed by atoms with Gasteiger partial charge in [-0.25, -0.2) is 13.1 Å². The summed E-state index contributed by atoms with van der Waals surface area (Å²) < 4.78 is 33.7. The quantitative estimate of drug-likeness (QED) is 0.797. The second kappa shape index (κ2) is 7.95. The van der Waals surface area contributed by atoms with Crippen molar-refractivity contribution in [3.05, 3.63) is 28.8 Å². The van der Waals surface area contributed by atoms with Crippen LogP contribution in [0, 0.1) is 20.8 Å². The summed E-state index contributed by atoms with van der Waals surface area (Å²) >= 11 is 0. The molecule has 2 atom stereocenters. The molecule has 0 radical (unpaired) electrons. The smallest absolute Gasteiger partial charge is 0.241 e. The van der Waals surface area contributed by atoms with E-state index in [1.54, 1.807) is 0 Å². The fourth-order valence-electron chi connectivity index (χ4n) is 3.64. The van der Waals surface area contributed by atoms with Crippen LogP contribution in [0.3, 0.4) is 0 Å². The second-order valence-corrected chi connectivity index (χ2v) is 8.70. The van der Waals surface area contributed by atoms with Crippen molar-refractivity contribution in [3.63, 3.8) is 0 Å². The Morgan fingerprint density at radius 2 is 1.67 bits per heavy atom. The highest BCUT2D eigenvalue weighted by Gasteiger charge is 2.22. The number of nitrogens with one attached hydrogen (secondary N) is 1. The molecule has 2 rings (SSSR count). The molecule has 0 aromatic heterocycles. The minimum absolute atomic E-state index is 0.239. The van der Waals surface area contributed by atoms with Gasteiger partial charge in [0.05, 0.1) is 17.1 Å². The summed E-state index contributed by atoms with van der Waals surface area (Å²) in [6.45, 7) is 13.0. The number of hydrogen-bond donors (Lipinski definition) is 1. The maximum absolute atomic E-state index is 12.6. The minimum Gasteiger partial charge on any atom is -0.373 e. The van der Waals surface area contributed by atoms with E-state index in [0.717, 1.165) is 42.7 Å². The van der Waals surface area contributed by atoms with E-state index in [0.29, 0.717) is 11.4 Å². The zero-order chi connectivity index (χ0) is 17.9. The third-order valence-corrected chi connectivity index (χ3v) is 6.08. The summed E-state index contributed by atoms with van der Waals surface area (Å²) in [5, 5.41) is 0. The molecule has 0 amide bonds. The zero-order valence-electron chi connectivity index (χ0n) is 15.4. The van der Waals surface area contributed by atoms with Gasteiger partial charge in [0.1, 0.15) is 0 Å². The van der Waals surface area contributed by atoms with E-state index in [2.05, 4.69) is 23.5 Å². The molecule has 1 heterocycles. The topological polar surface area (TPSA) is 58.6 Å². The van der Waals surface area contributed by atoms with Crippen LogP contribution in [0.15, 0.2) is 17.0 Å². The van der Waals surface area contributed by atoms with Crippen molar-refractivity contribution in [2.24, 2.45) is 0 Å². The summed E-state index contributed by atoms with van der Waals surface area (Å²) in [5.41, 5.74) is 2.69. The Kier molecular flexibility index (Phi) is 6.42. The van der Waals surface area contributed by atoms with Crippen molar-refractivity contribution in [2.75, 3.05) is 26.2 Å². The first-order valence-corrected chi connectivity index (χ1v) is 10.1. The Hall–Kier alpha value is -0.950. The largest absolute Gasteiger partial charge is 0.373 e. The first-order chi connectivity index (χ1) is 11.2. The molecule has 1 aromatic carbocycles. The summed E-state index contributed by atoms with van der Waals surface area (Å²) in [6, 6.07) is 3.83. The van der Waals surface area contributed by atoms with Crippen LogP contribution < -0.4 is 4.72 Å². The molecular weight excluding hydrogens is 324 g/mol. The molecule has 1 aliphatic heterocycles. The number of ether oxygens (including phenoxy) is 1. The third-order valence-electron chi connectivity index (χ3n) is 4.31. The van der Waals surface area contributed by atoms with Crippen LogP contribution in [0.4, 0.5) is 0 Å². The van der Waals surface area contributed by atoms with E-state index in [4.69, 9.17) is 4.74 Å². The van der Waals surface area contributed by atoms with Crippen LogP contribution in [0.2, 0.25) is 0 Å². The van der Waals surface area contributed by atoms with Gasteiger partial charge in [-0.15, -0.1) is 0 Å². The van der Waals surface area contributed by atoms with Crippen molar-refractivity contribution in [2.45, 2.75) is 58.1 Å². The molecule has 0 bridgehead atoms. The van der Waals surface area contributed by atoms with Crippen molar-refractivity contribution in [1.82, 2.24) is 9.62 Å². The molecule has 6 heteroatoms. The highest BCUT2D eigenvalue weighted by Crippen LogP contribution is 2.21. The monoisotopic (exact) mass is 354 g/mol. The van der Waals surface area contributed by atoms with Gasteiger partial charge in [0.25, 0.3) is 0 Å². The molecule has 1 N–H and O–H groups in total. The predicted octanol–water partition coefficient (Wildman–Crippen LogP) is 2.39. The lowest BCUT2D eigenvalue weighted by Gasteiger charge is -2.35. The number of morpholine rings is 1. The Morgan fingerprint density at radius 1 is 1.12 bits per heavy atom. The number of benzene rings is 1. The molecule has 1 fully saturated rings. The molecule has 0 saturated carbocycles. The van der Waals surface area contributed by atoms with Crippen molar-refractivity contribution in [3.8, 4) is 0 Å². The molecule has 1 saturated heterocycles. The van der Waals surface area contributed by atoms with E-state index in [1.165, 1.54) is 0 Å². The van der Waals surface area contributed by atoms with Crippen LogP contribution in [0.1, 0.15) is 37.0 Å². The van der Waals surface area contributed by atoms with E-state index < -0.39 is 10.0 Å². The van der Waals surface area contributed by atoms with Gasteiger partial charge >= 0.3 is 0 Å². The average Bonchev–Trinajstić information content (AvgIpc) is 2.41. The Bertz CT molecular complexity index is 640. The van der Waals surface area contributed by atoms with E-state index in [9.17, 15) is 8.42 Å². The Morgan fingerprint density at radius 3 is 2.21 bits per heavy atom. The van der Waals surface area contributed by atoms with Crippen LogP contribution in [0.5, 0.6) is 0 Å². The van der Waals surface area contributed by atoms with Gasteiger partial charge < -0.3 is 4.74 Å². The molecule has 0 spiro atoms. The van der Waals surface area contributed by atoms with Crippen LogP contribution in [0.25, 0.3) is 0 Å². The van der Waals surface area contributed by atoms with Crippen LogP contribution >= 0.6 is 0 Å². The van der Waals surface area contributed by atoms with Crippen molar-refractivity contribution < 1.29 is 13.2 Å². The number of sulfonamides is 1. The summed E-state index contributed by atoms with van der Waals surface area (Å²) in [4.78, 5) is 2.76. The molecule has 0 aliphatic carbocycles. The SMILES string of the molecule is Cc1cc(C)c(S(=O)(=O)NCCCN2CC(C)OC(C)C2)c(C)c1. The van der Waals surface area contributed by atoms with Crippen molar-refractivity contribution in [1.29, 1.82) is 0 Å². The van der Waals surface area contributed by atoms with Gasteiger partial charge in [0.2, 0.25) is 10.0 Å². The standard InChI is InChI=1S/C18H30N2O3S/c1-13-9-14(2)18(15(3)10-13)24(21,22)19-7-6-8-20-11-16(4)23-17(5)12-20/h9-10,16-17,19H,6-8,11-12H2,1-5H3. The lowest BCUT2D eigenvalue weighted by molar-refractivity contribution is -0.0679. The molecule has 2 unspecified atom stereocenters. The summed E-state index contributed by atoms with van der Waals surface area (Å²) in [5.74, 6) is 0. The lowest BCUT2D eigenvalue weighted by Crippen LogP contribution is -2.46. The van der Waals surface area contributed by atoms with Gasteiger partial charge in [-0.05, 0) is 58.7 Å². The first kappa shape index (κ1) is 19.4. The lowest BCUT2D eigenvalue weighted by atomic mass is 10.1. The van der Waals surface area contributed by atoms with Gasteiger partial charge in [-0.3, -0.25) is 4.90 Å². The average molecular weight is 355 g/mol. The first-order valence-electron chi connectivity index (χ1n) is 8.64. The maximum atomic E-state index is 12.6. The number of aryl methyl sites for hydroxylation is 3. The Balaban J connectivity index is 1.90. The summed E-state index contributed by atoms with van der Waals surface area (Å²) in [7, 11) is -3.46. The van der Waals surface area contributed by atoms with E-state index in [1.807, 2.05) is 32.9 Å². The number of rotatable bonds is 6. The predicted molar refractivity (Wildman–Crippen MR) is 96.9 cm³/mol. The van der Waals surface area contributed by atoms with Gasteiger partial charge in [-0.1, -0.05) is 17.7 Å². The van der Waals surface area contributed by atoms with Crippen LogP contribution in [-0.4, -0.2) is 51.7 Å². The third kappa shape index (κ3) is 5.02. The number of hydrogen-bond acceptors (Lipinski definition) is 4. The molecular formula is C18H30N2O3S. The normalized spacial score (nSPS) is 22.7. The van der Waals surface area contributed by atoms with E-state index in [-0.39, 0.29) is 12.2 Å². The molecule has 1 aromatic rings. The van der Waals surface area contributed by atoms with Gasteiger partial charge in [0.15, 0.2) is 0 Å². The minimum atomic E-state index is -3.46. The molecule has 1 aliphatic rings. The fraction of sp³-hybridized carbons (Fsp3) is 0.667. The molecule has 24 heavy (non-hydrogen) atoms. The maximum Gasteiger partial charge on any atom is 0.241 e. The van der Waals surface area contributed by atoms with Gasteiger partial charge in [-0.2, -0.15) is 0 Å².